The van der Waals surface area contributed by atoms with E-state index in [0.29, 0.717) is 12.2 Å². The summed E-state index contributed by atoms with van der Waals surface area (Å²) in [5.74, 6) is -0.405. The van der Waals surface area contributed by atoms with Gasteiger partial charge in [-0.2, -0.15) is 0 Å². The highest BCUT2D eigenvalue weighted by Crippen LogP contribution is 2.30. The molecule has 0 aromatic rings. The summed E-state index contributed by atoms with van der Waals surface area (Å²) in [6.07, 6.45) is 22.0. The lowest BCUT2D eigenvalue weighted by molar-refractivity contribution is -0.119. The van der Waals surface area contributed by atoms with Gasteiger partial charge in [-0.05, 0) is 32.1 Å². The molecule has 27 heavy (non-hydrogen) atoms. The van der Waals surface area contributed by atoms with Crippen LogP contribution < -0.4 is 4.72 Å². The number of carbonyl (C=O) groups excluding carboxylic acids is 1. The van der Waals surface area contributed by atoms with Crippen LogP contribution in [0, 0.1) is 0 Å². The van der Waals surface area contributed by atoms with E-state index in [0.717, 1.165) is 44.8 Å². The second-order valence-electron chi connectivity index (χ2n) is 7.73. The average molecular weight is 402 g/mol. The standard InChI is InChI=1S/C21H39NO4S/c1-3-4-5-6-10-13-16-19-20(26-19)17-14-11-8-7-9-12-15-18-21(23)22-27(2,24)25/h11,14,19-20H,3-10,12-13,15-18H2,1-2H3,(H,22,23)/b14-11-. The molecule has 1 heterocycles. The fourth-order valence-corrected chi connectivity index (χ4v) is 3.79. The molecule has 6 heteroatoms. The van der Waals surface area contributed by atoms with Crippen molar-refractivity contribution in [2.24, 2.45) is 0 Å². The minimum absolute atomic E-state index is 0.280. The number of unbranched alkanes of at least 4 members (excludes halogenated alkanes) is 9. The quantitative estimate of drug-likeness (QED) is 0.214. The molecule has 0 spiro atoms. The molecule has 1 rings (SSSR count). The first-order chi connectivity index (χ1) is 12.9. The summed E-state index contributed by atoms with van der Waals surface area (Å²) < 4.78 is 29.5. The lowest BCUT2D eigenvalue weighted by Gasteiger charge is -2.02. The Morgan fingerprint density at radius 3 is 2.33 bits per heavy atom. The number of ether oxygens (including phenoxy) is 1. The van der Waals surface area contributed by atoms with Crippen LogP contribution in [0.2, 0.25) is 0 Å². The third kappa shape index (κ3) is 14.8. The molecular weight excluding hydrogens is 362 g/mol. The molecule has 0 saturated carbocycles. The van der Waals surface area contributed by atoms with Crippen molar-refractivity contribution in [1.29, 1.82) is 0 Å². The minimum atomic E-state index is -3.42. The van der Waals surface area contributed by atoms with Crippen molar-refractivity contribution in [2.45, 2.75) is 109 Å². The van der Waals surface area contributed by atoms with Gasteiger partial charge in [0, 0.05) is 6.42 Å². The van der Waals surface area contributed by atoms with Crippen LogP contribution in [0.4, 0.5) is 0 Å². The molecule has 0 aromatic carbocycles. The van der Waals surface area contributed by atoms with E-state index in [-0.39, 0.29) is 6.42 Å². The van der Waals surface area contributed by atoms with E-state index in [4.69, 9.17) is 4.74 Å². The molecule has 0 aromatic heterocycles. The zero-order valence-corrected chi connectivity index (χ0v) is 18.1. The lowest BCUT2D eigenvalue weighted by atomic mass is 10.1. The molecule has 1 aliphatic heterocycles. The zero-order chi connectivity index (χ0) is 20.0. The summed E-state index contributed by atoms with van der Waals surface area (Å²) in [6.45, 7) is 2.25. The van der Waals surface area contributed by atoms with Gasteiger partial charge >= 0.3 is 0 Å². The lowest BCUT2D eigenvalue weighted by Crippen LogP contribution is -2.28. The van der Waals surface area contributed by atoms with Crippen LogP contribution in [-0.2, 0) is 19.6 Å². The van der Waals surface area contributed by atoms with Crippen molar-refractivity contribution in [1.82, 2.24) is 4.72 Å². The molecule has 1 amide bonds. The first-order valence-corrected chi connectivity index (χ1v) is 12.6. The Morgan fingerprint density at radius 2 is 1.59 bits per heavy atom. The third-order valence-corrected chi connectivity index (χ3v) is 5.49. The maximum Gasteiger partial charge on any atom is 0.233 e. The second kappa shape index (κ2) is 14.2. The van der Waals surface area contributed by atoms with Gasteiger partial charge in [-0.3, -0.25) is 9.52 Å². The summed E-state index contributed by atoms with van der Waals surface area (Å²) in [5, 5.41) is 0. The van der Waals surface area contributed by atoms with Gasteiger partial charge in [0.15, 0.2) is 0 Å². The van der Waals surface area contributed by atoms with Gasteiger partial charge in [0.1, 0.15) is 0 Å². The number of epoxide rings is 1. The Balaban J connectivity index is 1.86. The molecule has 158 valence electrons. The highest BCUT2D eigenvalue weighted by molar-refractivity contribution is 7.89. The molecular formula is C21H39NO4S. The van der Waals surface area contributed by atoms with Gasteiger partial charge in [-0.1, -0.05) is 70.4 Å². The summed E-state index contributed by atoms with van der Waals surface area (Å²) in [7, 11) is -3.42. The van der Waals surface area contributed by atoms with Crippen molar-refractivity contribution >= 4 is 15.9 Å². The van der Waals surface area contributed by atoms with E-state index >= 15 is 0 Å². The molecule has 1 N–H and O–H groups in total. The summed E-state index contributed by atoms with van der Waals surface area (Å²) in [5.41, 5.74) is 0. The number of rotatable bonds is 17. The van der Waals surface area contributed by atoms with Gasteiger partial charge in [-0.15, -0.1) is 0 Å². The Labute approximate surface area is 166 Å². The van der Waals surface area contributed by atoms with Crippen LogP contribution in [0.25, 0.3) is 0 Å². The zero-order valence-electron chi connectivity index (χ0n) is 17.3. The number of nitrogens with one attached hydrogen (secondary N) is 1. The summed E-state index contributed by atoms with van der Waals surface area (Å²) >= 11 is 0. The molecule has 2 atom stereocenters. The number of allylic oxidation sites excluding steroid dienone is 1. The number of sulfonamides is 1. The van der Waals surface area contributed by atoms with E-state index in [1.54, 1.807) is 0 Å². The second-order valence-corrected chi connectivity index (χ2v) is 9.48. The van der Waals surface area contributed by atoms with Crippen LogP contribution in [-0.4, -0.2) is 32.8 Å². The van der Waals surface area contributed by atoms with Crippen molar-refractivity contribution in [3.63, 3.8) is 0 Å². The van der Waals surface area contributed by atoms with Crippen molar-refractivity contribution in [2.75, 3.05) is 6.26 Å². The van der Waals surface area contributed by atoms with E-state index in [2.05, 4.69) is 19.1 Å². The van der Waals surface area contributed by atoms with E-state index < -0.39 is 15.9 Å². The first-order valence-electron chi connectivity index (χ1n) is 10.7. The third-order valence-electron chi connectivity index (χ3n) is 4.89. The largest absolute Gasteiger partial charge is 0.369 e. The van der Waals surface area contributed by atoms with Crippen LogP contribution in [0.3, 0.4) is 0 Å². The van der Waals surface area contributed by atoms with Crippen LogP contribution in [0.15, 0.2) is 12.2 Å². The summed E-state index contributed by atoms with van der Waals surface area (Å²) in [6, 6.07) is 0. The molecule has 1 fully saturated rings. The van der Waals surface area contributed by atoms with E-state index in [9.17, 15) is 13.2 Å². The maximum atomic E-state index is 11.3. The van der Waals surface area contributed by atoms with Gasteiger partial charge in [0.05, 0.1) is 18.5 Å². The molecule has 0 bridgehead atoms. The highest BCUT2D eigenvalue weighted by atomic mass is 32.2. The normalized spacial score (nSPS) is 19.5. The predicted molar refractivity (Wildman–Crippen MR) is 111 cm³/mol. The van der Waals surface area contributed by atoms with Gasteiger partial charge in [-0.25, -0.2) is 8.42 Å². The monoisotopic (exact) mass is 401 g/mol. The van der Waals surface area contributed by atoms with Crippen molar-refractivity contribution < 1.29 is 17.9 Å². The number of hydrogen-bond donors (Lipinski definition) is 1. The highest BCUT2D eigenvalue weighted by Gasteiger charge is 2.36. The minimum Gasteiger partial charge on any atom is -0.369 e. The van der Waals surface area contributed by atoms with E-state index in [1.807, 2.05) is 4.72 Å². The number of carbonyl (C=O) groups is 1. The topological polar surface area (TPSA) is 75.8 Å². The smallest absolute Gasteiger partial charge is 0.233 e. The number of amides is 1. The molecule has 0 aliphatic carbocycles. The predicted octanol–water partition coefficient (Wildman–Crippen LogP) is 4.87. The Bertz CT molecular complexity index is 530. The maximum absolute atomic E-state index is 11.3. The Morgan fingerprint density at radius 1 is 0.926 bits per heavy atom. The molecule has 5 nitrogen and oxygen atoms in total. The SMILES string of the molecule is CCCCCCCCC1OC1C/C=C\CCCCCCC(=O)NS(C)(=O)=O. The average Bonchev–Trinajstić information content (AvgIpc) is 3.33. The molecule has 2 unspecified atom stereocenters. The Hall–Kier alpha value is -0.880. The van der Waals surface area contributed by atoms with Crippen LogP contribution in [0.1, 0.15) is 96.8 Å². The molecule has 1 aliphatic rings. The van der Waals surface area contributed by atoms with E-state index in [1.165, 1.54) is 44.9 Å². The van der Waals surface area contributed by atoms with Crippen LogP contribution in [0.5, 0.6) is 0 Å². The van der Waals surface area contributed by atoms with Gasteiger partial charge in [0.2, 0.25) is 15.9 Å². The number of hydrogen-bond acceptors (Lipinski definition) is 4. The van der Waals surface area contributed by atoms with Gasteiger partial charge in [0.25, 0.3) is 0 Å². The van der Waals surface area contributed by atoms with Gasteiger partial charge < -0.3 is 4.74 Å². The fraction of sp³-hybridized carbons (Fsp3) is 0.857. The van der Waals surface area contributed by atoms with Crippen LogP contribution >= 0.6 is 0 Å². The summed E-state index contributed by atoms with van der Waals surface area (Å²) in [4.78, 5) is 11.3. The van der Waals surface area contributed by atoms with Crippen molar-refractivity contribution in [3.8, 4) is 0 Å². The molecule has 0 radical (unpaired) electrons. The van der Waals surface area contributed by atoms with Crippen molar-refractivity contribution in [3.05, 3.63) is 12.2 Å². The Kier molecular flexibility index (Phi) is 12.7. The first kappa shape index (κ1) is 24.2. The fourth-order valence-electron chi connectivity index (χ4n) is 3.27. The molecule has 1 saturated heterocycles.